The summed E-state index contributed by atoms with van der Waals surface area (Å²) in [5.41, 5.74) is 2.56. The highest BCUT2D eigenvalue weighted by atomic mass is 16.6. The van der Waals surface area contributed by atoms with Crippen LogP contribution >= 0.6 is 0 Å². The molecule has 0 saturated heterocycles. The molecule has 0 aliphatic carbocycles. The number of ether oxygens (including phenoxy) is 2. The number of nitrogens with one attached hydrogen (secondary N) is 1. The van der Waals surface area contributed by atoms with E-state index >= 15 is 0 Å². The number of hydrogen-bond donors (Lipinski definition) is 1. The highest BCUT2D eigenvalue weighted by Gasteiger charge is 2.25. The minimum Gasteiger partial charge on any atom is -0.486 e. The molecule has 4 rings (SSSR count). The van der Waals surface area contributed by atoms with Crippen molar-refractivity contribution in [1.29, 1.82) is 0 Å². The van der Waals surface area contributed by atoms with Crippen LogP contribution in [0.1, 0.15) is 23.0 Å². The summed E-state index contributed by atoms with van der Waals surface area (Å²) in [6.45, 7) is 2.17. The van der Waals surface area contributed by atoms with E-state index in [2.05, 4.69) is 32.9 Å². The molecule has 3 heterocycles. The zero-order chi connectivity index (χ0) is 14.2. The molecular formula is C14H17N5O2. The first-order chi connectivity index (χ1) is 10.3. The third-order valence-corrected chi connectivity index (χ3v) is 3.90. The van der Waals surface area contributed by atoms with Gasteiger partial charge in [0.15, 0.2) is 17.3 Å². The van der Waals surface area contributed by atoms with Gasteiger partial charge in [-0.3, -0.25) is 0 Å². The number of rotatable bonds is 2. The Kier molecular flexibility index (Phi) is 2.99. The van der Waals surface area contributed by atoms with Crippen LogP contribution in [0.4, 0.5) is 0 Å². The van der Waals surface area contributed by atoms with Gasteiger partial charge in [0.25, 0.3) is 0 Å². The maximum Gasteiger partial charge on any atom is 0.176 e. The Hall–Kier alpha value is -2.15. The summed E-state index contributed by atoms with van der Waals surface area (Å²) in [6, 6.07) is 4.40. The van der Waals surface area contributed by atoms with E-state index in [1.54, 1.807) is 7.05 Å². The fourth-order valence-electron chi connectivity index (χ4n) is 2.95. The van der Waals surface area contributed by atoms with Crippen molar-refractivity contribution in [3.8, 4) is 11.5 Å². The summed E-state index contributed by atoms with van der Waals surface area (Å²) in [7, 11) is 1.78. The van der Waals surface area contributed by atoms with E-state index in [0.29, 0.717) is 13.2 Å². The summed E-state index contributed by atoms with van der Waals surface area (Å²) in [5.74, 6) is 2.44. The van der Waals surface area contributed by atoms with Crippen molar-refractivity contribution in [3.63, 3.8) is 0 Å². The summed E-state index contributed by atoms with van der Waals surface area (Å²) in [4.78, 5) is 1.49. The van der Waals surface area contributed by atoms with Gasteiger partial charge in [0.2, 0.25) is 0 Å². The van der Waals surface area contributed by atoms with Crippen LogP contribution < -0.4 is 14.8 Å². The van der Waals surface area contributed by atoms with Gasteiger partial charge in [0.1, 0.15) is 13.2 Å². The normalized spacial score (nSPS) is 20.1. The van der Waals surface area contributed by atoms with Gasteiger partial charge in [-0.25, -0.2) is 0 Å². The van der Waals surface area contributed by atoms with Crippen LogP contribution in [0.5, 0.6) is 11.5 Å². The lowest BCUT2D eigenvalue weighted by molar-refractivity contribution is 0.171. The first kappa shape index (κ1) is 12.6. The third kappa shape index (κ3) is 2.33. The fourth-order valence-corrected chi connectivity index (χ4v) is 2.95. The number of nitrogens with zero attached hydrogens (tertiary/aromatic N) is 4. The molecule has 0 amide bonds. The molecule has 0 radical (unpaired) electrons. The van der Waals surface area contributed by atoms with Gasteiger partial charge in [-0.15, -0.1) is 10.2 Å². The third-order valence-electron chi connectivity index (χ3n) is 3.90. The van der Waals surface area contributed by atoms with Crippen LogP contribution in [0.25, 0.3) is 0 Å². The molecule has 110 valence electrons. The molecule has 0 spiro atoms. The SMILES string of the molecule is Cn1nnc(CC2NCCc3cc4c(cc32)OCCO4)n1. The highest BCUT2D eigenvalue weighted by Crippen LogP contribution is 2.37. The average molecular weight is 287 g/mol. The minimum absolute atomic E-state index is 0.189. The minimum atomic E-state index is 0.189. The van der Waals surface area contributed by atoms with E-state index in [-0.39, 0.29) is 6.04 Å². The van der Waals surface area contributed by atoms with Gasteiger partial charge in [-0.05, 0) is 41.4 Å². The zero-order valence-corrected chi connectivity index (χ0v) is 11.9. The Morgan fingerprint density at radius 2 is 2.10 bits per heavy atom. The Bertz CT molecular complexity index is 669. The van der Waals surface area contributed by atoms with Crippen molar-refractivity contribution < 1.29 is 9.47 Å². The molecule has 1 atom stereocenters. The Morgan fingerprint density at radius 1 is 1.29 bits per heavy atom. The molecule has 1 unspecified atom stereocenters. The number of tetrazole rings is 1. The molecule has 1 aromatic heterocycles. The lowest BCUT2D eigenvalue weighted by atomic mass is 9.91. The van der Waals surface area contributed by atoms with E-state index < -0.39 is 0 Å². The monoisotopic (exact) mass is 287 g/mol. The van der Waals surface area contributed by atoms with Gasteiger partial charge >= 0.3 is 0 Å². The average Bonchev–Trinajstić information content (AvgIpc) is 2.91. The molecule has 21 heavy (non-hydrogen) atoms. The first-order valence-corrected chi connectivity index (χ1v) is 7.18. The van der Waals surface area contributed by atoms with Crippen molar-refractivity contribution in [3.05, 3.63) is 29.1 Å². The lowest BCUT2D eigenvalue weighted by Crippen LogP contribution is -2.32. The first-order valence-electron chi connectivity index (χ1n) is 7.18. The van der Waals surface area contributed by atoms with Crippen LogP contribution in [-0.2, 0) is 19.9 Å². The predicted molar refractivity (Wildman–Crippen MR) is 74.4 cm³/mol. The van der Waals surface area contributed by atoms with Crippen LogP contribution in [0.2, 0.25) is 0 Å². The van der Waals surface area contributed by atoms with Gasteiger partial charge < -0.3 is 14.8 Å². The summed E-state index contributed by atoms with van der Waals surface area (Å²) >= 11 is 0. The van der Waals surface area contributed by atoms with Crippen molar-refractivity contribution in [2.45, 2.75) is 18.9 Å². The van der Waals surface area contributed by atoms with E-state index in [4.69, 9.17) is 9.47 Å². The molecule has 0 bridgehead atoms. The topological polar surface area (TPSA) is 74.1 Å². The molecule has 2 aliphatic heterocycles. The van der Waals surface area contributed by atoms with Gasteiger partial charge in [-0.1, -0.05) is 0 Å². The summed E-state index contributed by atoms with van der Waals surface area (Å²) < 4.78 is 11.4. The highest BCUT2D eigenvalue weighted by molar-refractivity contribution is 5.50. The van der Waals surface area contributed by atoms with E-state index in [1.807, 2.05) is 0 Å². The maximum atomic E-state index is 5.69. The largest absolute Gasteiger partial charge is 0.486 e. The van der Waals surface area contributed by atoms with E-state index in [9.17, 15) is 0 Å². The van der Waals surface area contributed by atoms with Crippen molar-refractivity contribution in [2.24, 2.45) is 7.05 Å². The second kappa shape index (κ2) is 5.00. The van der Waals surface area contributed by atoms with E-state index in [0.717, 1.165) is 36.7 Å². The Labute approximate surface area is 122 Å². The Morgan fingerprint density at radius 3 is 2.86 bits per heavy atom. The molecule has 2 aliphatic rings. The quantitative estimate of drug-likeness (QED) is 0.862. The van der Waals surface area contributed by atoms with E-state index in [1.165, 1.54) is 15.9 Å². The van der Waals surface area contributed by atoms with Crippen molar-refractivity contribution >= 4 is 0 Å². The molecule has 1 aromatic carbocycles. The number of hydrogen-bond acceptors (Lipinski definition) is 6. The molecule has 0 fully saturated rings. The number of aryl methyl sites for hydroxylation is 1. The van der Waals surface area contributed by atoms with Crippen molar-refractivity contribution in [1.82, 2.24) is 25.5 Å². The van der Waals surface area contributed by atoms with Crippen LogP contribution in [0.3, 0.4) is 0 Å². The molecule has 0 saturated carbocycles. The zero-order valence-electron chi connectivity index (χ0n) is 11.9. The maximum absolute atomic E-state index is 5.69. The Balaban J connectivity index is 1.66. The molecular weight excluding hydrogens is 270 g/mol. The smallest absolute Gasteiger partial charge is 0.176 e. The van der Waals surface area contributed by atoms with Crippen LogP contribution in [0.15, 0.2) is 12.1 Å². The second-order valence-corrected chi connectivity index (χ2v) is 5.35. The van der Waals surface area contributed by atoms with Gasteiger partial charge in [-0.2, -0.15) is 4.80 Å². The predicted octanol–water partition coefficient (Wildman–Crippen LogP) is 0.411. The summed E-state index contributed by atoms with van der Waals surface area (Å²) in [6.07, 6.45) is 1.72. The molecule has 7 heteroatoms. The number of fused-ring (bicyclic) bond motifs is 2. The standard InChI is InChI=1S/C14H17N5O2/c1-19-17-14(16-18-19)8-11-10-7-13-12(20-4-5-21-13)6-9(10)2-3-15-11/h6-7,11,15H,2-5,8H2,1H3. The lowest BCUT2D eigenvalue weighted by Gasteiger charge is -2.29. The second-order valence-electron chi connectivity index (χ2n) is 5.35. The fraction of sp³-hybridized carbons (Fsp3) is 0.500. The number of benzene rings is 1. The molecule has 2 aromatic rings. The van der Waals surface area contributed by atoms with Crippen LogP contribution in [-0.4, -0.2) is 40.0 Å². The van der Waals surface area contributed by atoms with Crippen molar-refractivity contribution in [2.75, 3.05) is 19.8 Å². The van der Waals surface area contributed by atoms with Gasteiger partial charge in [0.05, 0.1) is 7.05 Å². The molecule has 7 nitrogen and oxygen atoms in total. The van der Waals surface area contributed by atoms with Gasteiger partial charge in [0, 0.05) is 12.5 Å². The molecule has 1 N–H and O–H groups in total. The van der Waals surface area contributed by atoms with Crippen LogP contribution in [0, 0.1) is 0 Å². The summed E-state index contributed by atoms with van der Waals surface area (Å²) in [5, 5.41) is 15.8. The number of aromatic nitrogens is 4.